The van der Waals surface area contributed by atoms with Gasteiger partial charge in [0.05, 0.1) is 5.60 Å². The van der Waals surface area contributed by atoms with E-state index in [0.717, 1.165) is 24.5 Å². The third kappa shape index (κ3) is 4.30. The Bertz CT molecular complexity index is 310. The molecule has 15 heavy (non-hydrogen) atoms. The summed E-state index contributed by atoms with van der Waals surface area (Å²) < 4.78 is 5.60. The van der Waals surface area contributed by atoms with Gasteiger partial charge in [0.1, 0.15) is 0 Å². The molecule has 1 N–H and O–H groups in total. The standard InChI is InChI=1S/C12H20N2O/c1-5-15-12(3,4)9-14-11-6-7-13-10(2)8-11/h6-8H,5,9H2,1-4H3,(H,13,14). The second-order valence-corrected chi connectivity index (χ2v) is 4.23. The molecule has 0 saturated carbocycles. The Balaban J connectivity index is 2.49. The molecule has 1 heterocycles. The summed E-state index contributed by atoms with van der Waals surface area (Å²) in [7, 11) is 0. The van der Waals surface area contributed by atoms with Gasteiger partial charge < -0.3 is 10.1 Å². The third-order valence-electron chi connectivity index (χ3n) is 2.15. The van der Waals surface area contributed by atoms with Crippen LogP contribution in [0.5, 0.6) is 0 Å². The van der Waals surface area contributed by atoms with Crippen molar-refractivity contribution >= 4 is 5.69 Å². The lowest BCUT2D eigenvalue weighted by Gasteiger charge is -2.25. The maximum atomic E-state index is 5.60. The van der Waals surface area contributed by atoms with Crippen LogP contribution in [0, 0.1) is 6.92 Å². The van der Waals surface area contributed by atoms with E-state index in [9.17, 15) is 0 Å². The van der Waals surface area contributed by atoms with E-state index < -0.39 is 0 Å². The summed E-state index contributed by atoms with van der Waals surface area (Å²) in [5.74, 6) is 0. The number of hydrogen-bond donors (Lipinski definition) is 1. The van der Waals surface area contributed by atoms with Gasteiger partial charge in [0.15, 0.2) is 0 Å². The minimum atomic E-state index is -0.133. The molecule has 0 radical (unpaired) electrons. The van der Waals surface area contributed by atoms with Gasteiger partial charge in [0, 0.05) is 30.7 Å². The average Bonchev–Trinajstić information content (AvgIpc) is 2.15. The Morgan fingerprint density at radius 2 is 2.20 bits per heavy atom. The van der Waals surface area contributed by atoms with Crippen LogP contribution in [0.3, 0.4) is 0 Å². The van der Waals surface area contributed by atoms with Gasteiger partial charge in [-0.3, -0.25) is 4.98 Å². The molecule has 0 fully saturated rings. The van der Waals surface area contributed by atoms with Crippen LogP contribution in [0.4, 0.5) is 5.69 Å². The summed E-state index contributed by atoms with van der Waals surface area (Å²) >= 11 is 0. The molecule has 84 valence electrons. The van der Waals surface area contributed by atoms with Crippen molar-refractivity contribution in [3.63, 3.8) is 0 Å². The number of rotatable bonds is 5. The van der Waals surface area contributed by atoms with Gasteiger partial charge in [-0.05, 0) is 39.8 Å². The molecule has 0 spiro atoms. The lowest BCUT2D eigenvalue weighted by Crippen LogP contribution is -2.33. The zero-order chi connectivity index (χ0) is 11.3. The highest BCUT2D eigenvalue weighted by Gasteiger charge is 2.16. The minimum absolute atomic E-state index is 0.133. The maximum Gasteiger partial charge on any atom is 0.0797 e. The highest BCUT2D eigenvalue weighted by molar-refractivity contribution is 5.43. The molecular weight excluding hydrogens is 188 g/mol. The van der Waals surface area contributed by atoms with Crippen LogP contribution >= 0.6 is 0 Å². The molecular formula is C12H20N2O. The SMILES string of the molecule is CCOC(C)(C)CNc1ccnc(C)c1. The molecule has 0 atom stereocenters. The van der Waals surface area contributed by atoms with E-state index >= 15 is 0 Å². The zero-order valence-electron chi connectivity index (χ0n) is 10.0. The first-order chi connectivity index (χ1) is 7.03. The summed E-state index contributed by atoms with van der Waals surface area (Å²) in [6.45, 7) is 9.70. The van der Waals surface area contributed by atoms with Crippen LogP contribution in [0.15, 0.2) is 18.3 Å². The Kier molecular flexibility index (Phi) is 4.09. The smallest absolute Gasteiger partial charge is 0.0797 e. The number of hydrogen-bond acceptors (Lipinski definition) is 3. The topological polar surface area (TPSA) is 34.1 Å². The van der Waals surface area contributed by atoms with Gasteiger partial charge >= 0.3 is 0 Å². The number of nitrogens with one attached hydrogen (secondary N) is 1. The molecule has 3 nitrogen and oxygen atoms in total. The quantitative estimate of drug-likeness (QED) is 0.807. The first kappa shape index (κ1) is 12.0. The molecule has 0 saturated heterocycles. The van der Waals surface area contributed by atoms with Gasteiger partial charge in [0.2, 0.25) is 0 Å². The highest BCUT2D eigenvalue weighted by atomic mass is 16.5. The largest absolute Gasteiger partial charge is 0.382 e. The molecule has 0 bridgehead atoms. The second kappa shape index (κ2) is 5.12. The van der Waals surface area contributed by atoms with Crippen LogP contribution < -0.4 is 5.32 Å². The number of anilines is 1. The lowest BCUT2D eigenvalue weighted by molar-refractivity contribution is 0.000696. The van der Waals surface area contributed by atoms with E-state index in [4.69, 9.17) is 4.74 Å². The molecule has 0 aliphatic carbocycles. The molecule has 0 aliphatic heterocycles. The Hall–Kier alpha value is -1.09. The predicted molar refractivity (Wildman–Crippen MR) is 63.2 cm³/mol. The number of aryl methyl sites for hydroxylation is 1. The molecule has 1 aromatic rings. The Morgan fingerprint density at radius 1 is 1.47 bits per heavy atom. The summed E-state index contributed by atoms with van der Waals surface area (Å²) in [6.07, 6.45) is 1.81. The van der Waals surface area contributed by atoms with Crippen LogP contribution in [-0.2, 0) is 4.74 Å². The Morgan fingerprint density at radius 3 is 2.80 bits per heavy atom. The van der Waals surface area contributed by atoms with Gasteiger partial charge in [-0.25, -0.2) is 0 Å². The highest BCUT2D eigenvalue weighted by Crippen LogP contribution is 2.12. The Labute approximate surface area is 91.9 Å². The van der Waals surface area contributed by atoms with Gasteiger partial charge in [-0.15, -0.1) is 0 Å². The first-order valence-corrected chi connectivity index (χ1v) is 5.34. The molecule has 0 aromatic carbocycles. The van der Waals surface area contributed by atoms with Crippen LogP contribution in [0.1, 0.15) is 26.5 Å². The van der Waals surface area contributed by atoms with Crippen LogP contribution in [0.25, 0.3) is 0 Å². The predicted octanol–water partition coefficient (Wildman–Crippen LogP) is 2.62. The maximum absolute atomic E-state index is 5.60. The first-order valence-electron chi connectivity index (χ1n) is 5.34. The summed E-state index contributed by atoms with van der Waals surface area (Å²) in [6, 6.07) is 4.00. The molecule has 0 amide bonds. The van der Waals surface area contributed by atoms with E-state index in [0.29, 0.717) is 0 Å². The van der Waals surface area contributed by atoms with Crippen molar-refractivity contribution in [2.45, 2.75) is 33.3 Å². The van der Waals surface area contributed by atoms with Crippen molar-refractivity contribution in [1.82, 2.24) is 4.98 Å². The van der Waals surface area contributed by atoms with E-state index in [1.54, 1.807) is 0 Å². The van der Waals surface area contributed by atoms with E-state index in [-0.39, 0.29) is 5.60 Å². The molecule has 1 aromatic heterocycles. The lowest BCUT2D eigenvalue weighted by atomic mass is 10.1. The van der Waals surface area contributed by atoms with Crippen molar-refractivity contribution in [3.05, 3.63) is 24.0 Å². The van der Waals surface area contributed by atoms with Gasteiger partial charge in [0.25, 0.3) is 0 Å². The van der Waals surface area contributed by atoms with Crippen molar-refractivity contribution in [3.8, 4) is 0 Å². The summed E-state index contributed by atoms with van der Waals surface area (Å²) in [5, 5.41) is 3.35. The molecule has 3 heteroatoms. The normalized spacial score (nSPS) is 11.5. The average molecular weight is 208 g/mol. The number of nitrogens with zero attached hydrogens (tertiary/aromatic N) is 1. The fourth-order valence-electron chi connectivity index (χ4n) is 1.41. The van der Waals surface area contributed by atoms with E-state index in [2.05, 4.69) is 24.1 Å². The number of pyridine rings is 1. The fraction of sp³-hybridized carbons (Fsp3) is 0.583. The fourth-order valence-corrected chi connectivity index (χ4v) is 1.41. The molecule has 0 unspecified atom stereocenters. The van der Waals surface area contributed by atoms with Gasteiger partial charge in [-0.1, -0.05) is 0 Å². The number of aromatic nitrogens is 1. The van der Waals surface area contributed by atoms with Crippen molar-refractivity contribution in [1.29, 1.82) is 0 Å². The van der Waals surface area contributed by atoms with Crippen LogP contribution in [-0.4, -0.2) is 23.7 Å². The zero-order valence-corrected chi connectivity index (χ0v) is 10.0. The third-order valence-corrected chi connectivity index (χ3v) is 2.15. The van der Waals surface area contributed by atoms with Crippen molar-refractivity contribution in [2.24, 2.45) is 0 Å². The van der Waals surface area contributed by atoms with Crippen molar-refractivity contribution in [2.75, 3.05) is 18.5 Å². The van der Waals surface area contributed by atoms with Crippen molar-refractivity contribution < 1.29 is 4.74 Å². The van der Waals surface area contributed by atoms with Gasteiger partial charge in [-0.2, -0.15) is 0 Å². The molecule has 1 rings (SSSR count). The van der Waals surface area contributed by atoms with Crippen LogP contribution in [0.2, 0.25) is 0 Å². The van der Waals surface area contributed by atoms with E-state index in [1.165, 1.54) is 0 Å². The summed E-state index contributed by atoms with van der Waals surface area (Å²) in [5.41, 5.74) is 1.98. The molecule has 0 aliphatic rings. The second-order valence-electron chi connectivity index (χ2n) is 4.23. The summed E-state index contributed by atoms with van der Waals surface area (Å²) in [4.78, 5) is 4.15. The minimum Gasteiger partial charge on any atom is -0.382 e. The monoisotopic (exact) mass is 208 g/mol. The van der Waals surface area contributed by atoms with E-state index in [1.807, 2.05) is 32.2 Å². The number of ether oxygens (including phenoxy) is 1.